The maximum absolute atomic E-state index is 12.4. The fourth-order valence-corrected chi connectivity index (χ4v) is 3.01. The molecular weight excluding hydrogens is 366 g/mol. The lowest BCUT2D eigenvalue weighted by Crippen LogP contribution is -3.13. The molecule has 0 heterocycles. The Morgan fingerprint density at radius 1 is 0.966 bits per heavy atom. The van der Waals surface area contributed by atoms with Crippen molar-refractivity contribution in [3.63, 3.8) is 0 Å². The van der Waals surface area contributed by atoms with Gasteiger partial charge in [-0.15, -0.1) is 0 Å². The number of nitrogens with one attached hydrogen (secondary N) is 3. The van der Waals surface area contributed by atoms with E-state index in [0.717, 1.165) is 17.0 Å². The number of ether oxygens (including phenoxy) is 1. The molecule has 156 valence electrons. The van der Waals surface area contributed by atoms with E-state index in [4.69, 9.17) is 4.74 Å². The van der Waals surface area contributed by atoms with Gasteiger partial charge in [-0.1, -0.05) is 32.0 Å². The highest BCUT2D eigenvalue weighted by molar-refractivity contribution is 5.93. The fraction of sp³-hybridized carbons (Fsp3) is 0.391. The van der Waals surface area contributed by atoms with Crippen LogP contribution >= 0.6 is 0 Å². The summed E-state index contributed by atoms with van der Waals surface area (Å²) in [6.45, 7) is 7.43. The maximum Gasteiger partial charge on any atom is 0.279 e. The van der Waals surface area contributed by atoms with Crippen LogP contribution in [0.3, 0.4) is 0 Å². The average Bonchev–Trinajstić information content (AvgIpc) is 2.73. The Bertz CT molecular complexity index is 805. The van der Waals surface area contributed by atoms with Gasteiger partial charge in [0.05, 0.1) is 13.7 Å². The average molecular weight is 399 g/mol. The Morgan fingerprint density at radius 2 is 1.59 bits per heavy atom. The normalized spacial score (nSPS) is 12.7. The van der Waals surface area contributed by atoms with Crippen LogP contribution in [0, 0.1) is 0 Å². The first kappa shape index (κ1) is 22.4. The van der Waals surface area contributed by atoms with Gasteiger partial charge in [-0.2, -0.15) is 0 Å². The Morgan fingerprint density at radius 3 is 2.14 bits per heavy atom. The molecule has 1 unspecified atom stereocenters. The first-order valence-corrected chi connectivity index (χ1v) is 10.1. The van der Waals surface area contributed by atoms with Gasteiger partial charge in [-0.3, -0.25) is 9.59 Å². The van der Waals surface area contributed by atoms with Crippen molar-refractivity contribution in [1.29, 1.82) is 0 Å². The summed E-state index contributed by atoms with van der Waals surface area (Å²) in [5, 5.41) is 5.78. The molecule has 0 aliphatic heterocycles. The second-order valence-electron chi connectivity index (χ2n) is 7.22. The fourth-order valence-electron chi connectivity index (χ4n) is 3.01. The van der Waals surface area contributed by atoms with E-state index in [1.807, 2.05) is 37.3 Å². The molecule has 2 aromatic rings. The van der Waals surface area contributed by atoms with Gasteiger partial charge < -0.3 is 20.3 Å². The van der Waals surface area contributed by atoms with Crippen LogP contribution < -0.4 is 20.3 Å². The molecule has 0 saturated heterocycles. The molecule has 3 N–H and O–H groups in total. The first-order chi connectivity index (χ1) is 13.9. The maximum atomic E-state index is 12.4. The van der Waals surface area contributed by atoms with Crippen molar-refractivity contribution in [2.24, 2.45) is 0 Å². The van der Waals surface area contributed by atoms with Crippen molar-refractivity contribution in [2.75, 3.05) is 37.4 Å². The smallest absolute Gasteiger partial charge is 0.279 e. The third-order valence-corrected chi connectivity index (χ3v) is 5.05. The summed E-state index contributed by atoms with van der Waals surface area (Å²) in [6, 6.07) is 15.2. The van der Waals surface area contributed by atoms with Gasteiger partial charge in [0.15, 0.2) is 13.1 Å². The number of benzene rings is 2. The van der Waals surface area contributed by atoms with E-state index in [-0.39, 0.29) is 24.9 Å². The molecular formula is C23H32N3O3+. The van der Waals surface area contributed by atoms with E-state index in [1.165, 1.54) is 5.56 Å². The topological polar surface area (TPSA) is 71.9 Å². The van der Waals surface area contributed by atoms with Gasteiger partial charge in [0, 0.05) is 17.4 Å². The molecule has 0 aromatic heterocycles. The minimum Gasteiger partial charge on any atom is -0.497 e. The summed E-state index contributed by atoms with van der Waals surface area (Å²) in [5.74, 6) is 0.942. The van der Waals surface area contributed by atoms with Crippen LogP contribution in [-0.4, -0.2) is 38.6 Å². The lowest BCUT2D eigenvalue weighted by atomic mass is 9.99. The SMILES string of the molecule is CC[C@@H](C)c1ccc(NC(=O)C[NH+](CC)CC(=O)Nc2cccc(OC)c2)cc1. The van der Waals surface area contributed by atoms with E-state index in [1.54, 1.807) is 13.2 Å². The van der Waals surface area contributed by atoms with Crippen LogP contribution in [0.2, 0.25) is 0 Å². The zero-order valence-corrected chi connectivity index (χ0v) is 17.7. The molecule has 2 atom stereocenters. The zero-order valence-electron chi connectivity index (χ0n) is 17.7. The second-order valence-corrected chi connectivity index (χ2v) is 7.22. The van der Waals surface area contributed by atoms with Crippen molar-refractivity contribution in [2.45, 2.75) is 33.1 Å². The van der Waals surface area contributed by atoms with Crippen LogP contribution in [0.15, 0.2) is 48.5 Å². The molecule has 6 nitrogen and oxygen atoms in total. The molecule has 0 fully saturated rings. The van der Waals surface area contributed by atoms with E-state index >= 15 is 0 Å². The molecule has 2 amide bonds. The number of hydrogen-bond acceptors (Lipinski definition) is 3. The number of rotatable bonds is 10. The third kappa shape index (κ3) is 7.23. The lowest BCUT2D eigenvalue weighted by molar-refractivity contribution is -0.881. The summed E-state index contributed by atoms with van der Waals surface area (Å²) in [7, 11) is 1.58. The monoisotopic (exact) mass is 398 g/mol. The number of amides is 2. The van der Waals surface area contributed by atoms with Crippen molar-refractivity contribution in [3.05, 3.63) is 54.1 Å². The van der Waals surface area contributed by atoms with Gasteiger partial charge in [0.2, 0.25) is 0 Å². The van der Waals surface area contributed by atoms with Crippen LogP contribution in [0.1, 0.15) is 38.7 Å². The quantitative estimate of drug-likeness (QED) is 0.576. The molecule has 29 heavy (non-hydrogen) atoms. The largest absolute Gasteiger partial charge is 0.497 e. The number of anilines is 2. The predicted octanol–water partition coefficient (Wildman–Crippen LogP) is 2.69. The summed E-state index contributed by atoms with van der Waals surface area (Å²) < 4.78 is 5.17. The van der Waals surface area contributed by atoms with Crippen LogP contribution in [-0.2, 0) is 9.59 Å². The molecule has 0 saturated carbocycles. The molecule has 0 aliphatic carbocycles. The number of quaternary nitrogens is 1. The van der Waals surface area contributed by atoms with E-state index in [0.29, 0.717) is 23.9 Å². The molecule has 0 aliphatic rings. The summed E-state index contributed by atoms with van der Waals surface area (Å²) in [6.07, 6.45) is 1.08. The van der Waals surface area contributed by atoms with Gasteiger partial charge >= 0.3 is 0 Å². The third-order valence-electron chi connectivity index (χ3n) is 5.05. The molecule has 2 rings (SSSR count). The summed E-state index contributed by atoms with van der Waals surface area (Å²) in [5.41, 5.74) is 2.72. The number of carbonyl (C=O) groups is 2. The highest BCUT2D eigenvalue weighted by Crippen LogP contribution is 2.20. The molecule has 2 aromatic carbocycles. The molecule has 0 bridgehead atoms. The van der Waals surface area contributed by atoms with Crippen LogP contribution in [0.5, 0.6) is 5.75 Å². The van der Waals surface area contributed by atoms with Gasteiger partial charge in [-0.25, -0.2) is 0 Å². The van der Waals surface area contributed by atoms with Gasteiger partial charge in [0.1, 0.15) is 5.75 Å². The van der Waals surface area contributed by atoms with Gasteiger partial charge in [0.25, 0.3) is 11.8 Å². The number of likely N-dealkylation sites (N-methyl/N-ethyl adjacent to an activating group) is 1. The minimum atomic E-state index is -0.138. The van der Waals surface area contributed by atoms with E-state index in [2.05, 4.69) is 36.6 Å². The van der Waals surface area contributed by atoms with Crippen molar-refractivity contribution >= 4 is 23.2 Å². The highest BCUT2D eigenvalue weighted by Gasteiger charge is 2.17. The molecule has 0 spiro atoms. The number of carbonyl (C=O) groups excluding carboxylic acids is 2. The Balaban J connectivity index is 1.86. The Labute approximate surface area is 173 Å². The Hall–Kier alpha value is -2.86. The minimum absolute atomic E-state index is 0.104. The van der Waals surface area contributed by atoms with Gasteiger partial charge in [-0.05, 0) is 49.1 Å². The number of hydrogen-bond donors (Lipinski definition) is 3. The molecule has 0 radical (unpaired) electrons. The van der Waals surface area contributed by atoms with E-state index in [9.17, 15) is 9.59 Å². The highest BCUT2D eigenvalue weighted by atomic mass is 16.5. The van der Waals surface area contributed by atoms with E-state index < -0.39 is 0 Å². The second kappa shape index (κ2) is 11.2. The molecule has 6 heteroatoms. The van der Waals surface area contributed by atoms with Crippen molar-refractivity contribution < 1.29 is 19.2 Å². The first-order valence-electron chi connectivity index (χ1n) is 10.1. The van der Waals surface area contributed by atoms with Crippen LogP contribution in [0.4, 0.5) is 11.4 Å². The Kier molecular flexibility index (Phi) is 8.68. The lowest BCUT2D eigenvalue weighted by Gasteiger charge is -2.17. The summed E-state index contributed by atoms with van der Waals surface area (Å²) in [4.78, 5) is 25.6. The summed E-state index contributed by atoms with van der Waals surface area (Å²) >= 11 is 0. The standard InChI is InChI=1S/C23H31N3O3/c1-5-17(3)18-10-12-19(13-11-18)24-22(27)15-26(6-2)16-23(28)25-20-8-7-9-21(14-20)29-4/h7-14,17H,5-6,15-16H2,1-4H3,(H,24,27)(H,25,28)/p+1/t17-/m1/s1. The zero-order chi connectivity index (χ0) is 21.2. The predicted molar refractivity (Wildman–Crippen MR) is 117 cm³/mol. The number of methoxy groups -OCH3 is 1. The van der Waals surface area contributed by atoms with Crippen LogP contribution in [0.25, 0.3) is 0 Å². The van der Waals surface area contributed by atoms with Crippen molar-refractivity contribution in [1.82, 2.24) is 0 Å². The van der Waals surface area contributed by atoms with Crippen molar-refractivity contribution in [3.8, 4) is 5.75 Å².